The maximum Gasteiger partial charge on any atom is 0.330 e. The molecule has 1 aromatic heterocycles. The number of hydrogen-bond acceptors (Lipinski definition) is 6. The van der Waals surface area contributed by atoms with Crippen LogP contribution in [-0.2, 0) is 14.3 Å². The number of aromatic amines is 1. The molecule has 1 fully saturated rings. The number of anilines is 1. The number of nitrogens with zero attached hydrogens (tertiary/aromatic N) is 2. The number of aryl methyl sites for hydroxylation is 1. The number of morpholine rings is 1. The van der Waals surface area contributed by atoms with Gasteiger partial charge in [0.05, 0.1) is 13.2 Å². The summed E-state index contributed by atoms with van der Waals surface area (Å²) in [6, 6.07) is -0.995. The fourth-order valence-corrected chi connectivity index (χ4v) is 3.10. The number of nitrogens with one attached hydrogen (secondary N) is 1. The van der Waals surface area contributed by atoms with Gasteiger partial charge in [-0.05, 0) is 33.6 Å². The molecule has 1 N–H and O–H groups in total. The van der Waals surface area contributed by atoms with Gasteiger partial charge >= 0.3 is 11.7 Å². The zero-order valence-corrected chi connectivity index (χ0v) is 16.4. The average molecular weight is 367 g/mol. The number of aromatic nitrogens is 2. The van der Waals surface area contributed by atoms with Crippen LogP contribution in [-0.4, -0.2) is 47.4 Å². The van der Waals surface area contributed by atoms with Gasteiger partial charge in [-0.2, -0.15) is 0 Å². The topological polar surface area (TPSA) is 93.6 Å². The molecular weight excluding hydrogens is 338 g/mol. The van der Waals surface area contributed by atoms with Crippen molar-refractivity contribution in [2.24, 2.45) is 5.92 Å². The first-order valence-corrected chi connectivity index (χ1v) is 8.94. The monoisotopic (exact) mass is 367 g/mol. The fraction of sp³-hybridized carbons (Fsp3) is 0.722. The SMILES string of the molecule is Cc1[nH]c(=O)n([C@H](C(=O)OC(C)(C)C)C(C)C)c(=O)c1N1CCOCC1. The molecule has 0 unspecified atom stereocenters. The van der Waals surface area contributed by atoms with E-state index in [1.165, 1.54) is 0 Å². The van der Waals surface area contributed by atoms with Crippen molar-refractivity contribution in [3.63, 3.8) is 0 Å². The highest BCUT2D eigenvalue weighted by atomic mass is 16.6. The molecule has 1 saturated heterocycles. The smallest absolute Gasteiger partial charge is 0.330 e. The Morgan fingerprint density at radius 1 is 1.19 bits per heavy atom. The lowest BCUT2D eigenvalue weighted by Crippen LogP contribution is -2.49. The van der Waals surface area contributed by atoms with Gasteiger partial charge in [0, 0.05) is 18.8 Å². The lowest BCUT2D eigenvalue weighted by atomic mass is 10.0. The van der Waals surface area contributed by atoms with E-state index in [0.29, 0.717) is 37.7 Å². The maximum absolute atomic E-state index is 13.2. The minimum absolute atomic E-state index is 0.288. The van der Waals surface area contributed by atoms with Crippen molar-refractivity contribution in [1.82, 2.24) is 9.55 Å². The van der Waals surface area contributed by atoms with E-state index in [1.807, 2.05) is 4.90 Å². The normalized spacial score (nSPS) is 16.7. The lowest BCUT2D eigenvalue weighted by Gasteiger charge is -2.31. The molecule has 146 valence electrons. The van der Waals surface area contributed by atoms with Crippen LogP contribution in [0.5, 0.6) is 0 Å². The van der Waals surface area contributed by atoms with Crippen LogP contribution in [0, 0.1) is 12.8 Å². The number of H-pyrrole nitrogens is 1. The predicted octanol–water partition coefficient (Wildman–Crippen LogP) is 1.22. The van der Waals surface area contributed by atoms with E-state index in [4.69, 9.17) is 9.47 Å². The first kappa shape index (κ1) is 20.2. The molecule has 0 amide bonds. The first-order valence-electron chi connectivity index (χ1n) is 8.94. The van der Waals surface area contributed by atoms with Crippen LogP contribution < -0.4 is 16.1 Å². The molecule has 8 heteroatoms. The van der Waals surface area contributed by atoms with Crippen LogP contribution in [0.1, 0.15) is 46.4 Å². The summed E-state index contributed by atoms with van der Waals surface area (Å²) in [6.45, 7) is 12.7. The number of ether oxygens (including phenoxy) is 2. The molecule has 0 aliphatic carbocycles. The summed E-state index contributed by atoms with van der Waals surface area (Å²) in [7, 11) is 0. The molecule has 1 aliphatic rings. The Labute approximate surface area is 153 Å². The van der Waals surface area contributed by atoms with Crippen molar-refractivity contribution in [3.8, 4) is 0 Å². The van der Waals surface area contributed by atoms with E-state index in [0.717, 1.165) is 4.57 Å². The zero-order valence-electron chi connectivity index (χ0n) is 16.4. The number of esters is 1. The van der Waals surface area contributed by atoms with Crippen LogP contribution in [0.25, 0.3) is 0 Å². The molecule has 2 heterocycles. The Bertz CT molecular complexity index is 767. The van der Waals surface area contributed by atoms with Crippen molar-refractivity contribution < 1.29 is 14.3 Å². The molecule has 8 nitrogen and oxygen atoms in total. The Morgan fingerprint density at radius 3 is 2.27 bits per heavy atom. The molecule has 26 heavy (non-hydrogen) atoms. The molecule has 0 bridgehead atoms. The highest BCUT2D eigenvalue weighted by molar-refractivity contribution is 5.75. The lowest BCUT2D eigenvalue weighted by molar-refractivity contribution is -0.160. The summed E-state index contributed by atoms with van der Waals surface area (Å²) in [5.74, 6) is -0.874. The molecule has 1 aromatic rings. The molecule has 1 aliphatic heterocycles. The standard InChI is InChI=1S/C18H29N3O5/c1-11(2)13(16(23)26-18(4,5)6)21-15(22)14(12(3)19-17(21)24)20-7-9-25-10-8-20/h11,13H,7-10H2,1-6H3,(H,19,24)/t13-/m0/s1. The third-order valence-electron chi connectivity index (χ3n) is 4.18. The van der Waals surface area contributed by atoms with E-state index in [2.05, 4.69) is 4.98 Å². The van der Waals surface area contributed by atoms with Gasteiger partial charge in [0.2, 0.25) is 0 Å². The Kier molecular flexibility index (Phi) is 5.95. The molecule has 2 rings (SSSR count). The van der Waals surface area contributed by atoms with Crippen LogP contribution in [0.3, 0.4) is 0 Å². The zero-order chi connectivity index (χ0) is 19.6. The van der Waals surface area contributed by atoms with E-state index in [9.17, 15) is 14.4 Å². The number of carbonyl (C=O) groups excluding carboxylic acids is 1. The summed E-state index contributed by atoms with van der Waals surface area (Å²) in [5, 5.41) is 0. The third kappa shape index (κ3) is 4.35. The predicted molar refractivity (Wildman–Crippen MR) is 98.8 cm³/mol. The van der Waals surface area contributed by atoms with Crippen molar-refractivity contribution in [2.75, 3.05) is 31.2 Å². The Morgan fingerprint density at radius 2 is 1.77 bits per heavy atom. The van der Waals surface area contributed by atoms with Gasteiger partial charge in [0.25, 0.3) is 5.56 Å². The molecule has 0 radical (unpaired) electrons. The number of hydrogen-bond donors (Lipinski definition) is 1. The van der Waals surface area contributed by atoms with E-state index < -0.39 is 28.9 Å². The average Bonchev–Trinajstić information content (AvgIpc) is 2.49. The van der Waals surface area contributed by atoms with Crippen LogP contribution >= 0.6 is 0 Å². The van der Waals surface area contributed by atoms with E-state index in [-0.39, 0.29) is 5.92 Å². The largest absolute Gasteiger partial charge is 0.458 e. The van der Waals surface area contributed by atoms with Gasteiger partial charge in [-0.15, -0.1) is 0 Å². The Balaban J connectivity index is 2.57. The molecule has 1 atom stereocenters. The second-order valence-electron chi connectivity index (χ2n) is 7.90. The van der Waals surface area contributed by atoms with Crippen LogP contribution in [0.2, 0.25) is 0 Å². The van der Waals surface area contributed by atoms with Gasteiger partial charge < -0.3 is 19.4 Å². The second kappa shape index (κ2) is 7.65. The minimum atomic E-state index is -0.995. The van der Waals surface area contributed by atoms with E-state index in [1.54, 1.807) is 41.5 Å². The van der Waals surface area contributed by atoms with Crippen LogP contribution in [0.15, 0.2) is 9.59 Å². The summed E-state index contributed by atoms with van der Waals surface area (Å²) in [5.41, 5.74) is -0.892. The first-order chi connectivity index (χ1) is 12.0. The fourth-order valence-electron chi connectivity index (χ4n) is 3.10. The summed E-state index contributed by atoms with van der Waals surface area (Å²) >= 11 is 0. The summed E-state index contributed by atoms with van der Waals surface area (Å²) in [6.07, 6.45) is 0. The second-order valence-corrected chi connectivity index (χ2v) is 7.90. The third-order valence-corrected chi connectivity index (χ3v) is 4.18. The van der Waals surface area contributed by atoms with Gasteiger partial charge in [-0.1, -0.05) is 13.8 Å². The van der Waals surface area contributed by atoms with Crippen LogP contribution in [0.4, 0.5) is 5.69 Å². The molecule has 0 aromatic carbocycles. The van der Waals surface area contributed by atoms with Crippen molar-refractivity contribution in [3.05, 3.63) is 26.5 Å². The van der Waals surface area contributed by atoms with Gasteiger partial charge in [-0.25, -0.2) is 14.2 Å². The van der Waals surface area contributed by atoms with Crippen molar-refractivity contribution in [1.29, 1.82) is 0 Å². The van der Waals surface area contributed by atoms with Gasteiger partial charge in [0.1, 0.15) is 17.3 Å². The summed E-state index contributed by atoms with van der Waals surface area (Å²) in [4.78, 5) is 43.1. The molecular formula is C18H29N3O5. The Hall–Kier alpha value is -2.09. The minimum Gasteiger partial charge on any atom is -0.458 e. The molecule has 0 spiro atoms. The maximum atomic E-state index is 13.2. The highest BCUT2D eigenvalue weighted by Crippen LogP contribution is 2.22. The highest BCUT2D eigenvalue weighted by Gasteiger charge is 2.33. The molecule has 0 saturated carbocycles. The van der Waals surface area contributed by atoms with Gasteiger partial charge in [0.15, 0.2) is 0 Å². The van der Waals surface area contributed by atoms with Crippen molar-refractivity contribution >= 4 is 11.7 Å². The van der Waals surface area contributed by atoms with Crippen molar-refractivity contribution in [2.45, 2.75) is 53.2 Å². The quantitative estimate of drug-likeness (QED) is 0.804. The number of carbonyl (C=O) groups is 1. The summed E-state index contributed by atoms with van der Waals surface area (Å²) < 4.78 is 11.8. The number of rotatable bonds is 4. The van der Waals surface area contributed by atoms with Gasteiger partial charge in [-0.3, -0.25) is 4.79 Å². The van der Waals surface area contributed by atoms with E-state index >= 15 is 0 Å².